The molecular formula is C54H42N4OPt-2. The third-order valence-corrected chi connectivity index (χ3v) is 11.3. The normalized spacial score (nSPS) is 12.8. The van der Waals surface area contributed by atoms with Crippen molar-refractivity contribution in [3.8, 4) is 50.9 Å². The van der Waals surface area contributed by atoms with Crippen LogP contribution in [-0.2, 0) is 21.1 Å². The molecule has 5 nitrogen and oxygen atoms in total. The van der Waals surface area contributed by atoms with Gasteiger partial charge < -0.3 is 13.9 Å². The largest absolute Gasteiger partial charge is 0.510 e. The van der Waals surface area contributed by atoms with Crippen LogP contribution in [0.1, 0.15) is 43.3 Å². The van der Waals surface area contributed by atoms with Gasteiger partial charge in [0.25, 0.3) is 6.33 Å². The second-order valence-corrected chi connectivity index (χ2v) is 15.9. The Hall–Kier alpha value is -6.55. The van der Waals surface area contributed by atoms with Crippen molar-refractivity contribution in [3.63, 3.8) is 0 Å². The van der Waals surface area contributed by atoms with Gasteiger partial charge in [-0.3, -0.25) is 4.57 Å². The van der Waals surface area contributed by atoms with E-state index >= 15 is 0 Å². The summed E-state index contributed by atoms with van der Waals surface area (Å²) in [6.07, 6.45) is 3.55. The zero-order valence-corrected chi connectivity index (χ0v) is 35.9. The molecule has 7 aromatic carbocycles. The summed E-state index contributed by atoms with van der Waals surface area (Å²) >= 11 is 0. The molecule has 0 saturated heterocycles. The van der Waals surface area contributed by atoms with Crippen molar-refractivity contribution in [2.75, 3.05) is 0 Å². The first kappa shape index (κ1) is 35.4. The summed E-state index contributed by atoms with van der Waals surface area (Å²) in [5.74, 6) is 1.06. The minimum absolute atomic E-state index is 0. The van der Waals surface area contributed by atoms with Crippen LogP contribution in [0, 0.1) is 23.9 Å². The number of hydrogen-bond donors (Lipinski definition) is 0. The zero-order chi connectivity index (χ0) is 42.7. The van der Waals surface area contributed by atoms with Crippen molar-refractivity contribution < 1.29 is 34.5 Å². The number of rotatable bonds is 8. The predicted octanol–water partition coefficient (Wildman–Crippen LogP) is 13.1. The maximum atomic E-state index is 9.44. The number of ether oxygens (including phenoxy) is 1. The van der Waals surface area contributed by atoms with Crippen LogP contribution in [0.25, 0.3) is 72.3 Å². The molecule has 3 heterocycles. The van der Waals surface area contributed by atoms with Crippen molar-refractivity contribution in [1.82, 2.24) is 14.1 Å². The molecule has 6 heteroatoms. The number of pyridine rings is 1. The third-order valence-electron chi connectivity index (χ3n) is 11.3. The van der Waals surface area contributed by atoms with E-state index in [2.05, 4.69) is 134 Å². The molecular weight excluding hydrogens is 916 g/mol. The van der Waals surface area contributed by atoms with Crippen molar-refractivity contribution in [3.05, 3.63) is 200 Å². The molecule has 3 aromatic heterocycles. The van der Waals surface area contributed by atoms with E-state index in [1.165, 1.54) is 0 Å². The number of benzene rings is 7. The molecule has 0 fully saturated rings. The van der Waals surface area contributed by atoms with Crippen molar-refractivity contribution in [2.24, 2.45) is 5.41 Å². The average Bonchev–Trinajstić information content (AvgIpc) is 3.84. The molecule has 10 rings (SSSR count). The van der Waals surface area contributed by atoms with Gasteiger partial charge in [-0.15, -0.1) is 29.7 Å². The molecule has 0 radical (unpaired) electrons. The summed E-state index contributed by atoms with van der Waals surface area (Å²) in [5, 5.41) is 1.86. The van der Waals surface area contributed by atoms with Gasteiger partial charge in [0, 0.05) is 44.3 Å². The van der Waals surface area contributed by atoms with Crippen molar-refractivity contribution in [2.45, 2.75) is 33.6 Å². The molecule has 296 valence electrons. The van der Waals surface area contributed by atoms with Crippen LogP contribution in [-0.4, -0.2) is 14.1 Å². The number of aromatic nitrogens is 4. The summed E-state index contributed by atoms with van der Waals surface area (Å²) in [5.41, 5.74) is 9.83. The van der Waals surface area contributed by atoms with E-state index < -0.39 is 0 Å². The standard InChI is InChI=1S/C54H42N4O.Pt/c1-37(54(2,3)4)40-31-32-55-52(33-40)58-48-26-12-11-23-46(48)47-30-29-43(35-51(47)58)59-42-22-15-21-41(34-42)56-36-57(50-28-14-13-27-49(50)56)53-44(38-17-7-5-8-18-38)24-16-25-45(53)39-19-9-6-10-20-39;/h5-33,37H,1-4H3;/q-2;/i31D,32D,33D;. The van der Waals surface area contributed by atoms with Gasteiger partial charge in [0.05, 0.1) is 20.8 Å². The van der Waals surface area contributed by atoms with Gasteiger partial charge in [-0.2, -0.15) is 18.2 Å². The molecule has 0 saturated carbocycles. The molecule has 0 aliphatic rings. The maximum absolute atomic E-state index is 9.44. The second kappa shape index (κ2) is 15.9. The zero-order valence-electron chi connectivity index (χ0n) is 36.6. The van der Waals surface area contributed by atoms with Gasteiger partial charge in [-0.25, -0.2) is 4.98 Å². The molecule has 0 spiro atoms. The van der Waals surface area contributed by atoms with E-state index in [9.17, 15) is 1.37 Å². The van der Waals surface area contributed by atoms with Gasteiger partial charge in [-0.1, -0.05) is 155 Å². The summed E-state index contributed by atoms with van der Waals surface area (Å²) in [7, 11) is 0. The predicted molar refractivity (Wildman–Crippen MR) is 239 cm³/mol. The van der Waals surface area contributed by atoms with Gasteiger partial charge in [0.15, 0.2) is 0 Å². The molecule has 0 amide bonds. The summed E-state index contributed by atoms with van der Waals surface area (Å²) < 4.78 is 39.6. The second-order valence-electron chi connectivity index (χ2n) is 15.9. The maximum Gasteiger partial charge on any atom is 0.268 e. The summed E-state index contributed by atoms with van der Waals surface area (Å²) in [4.78, 5) is 4.57. The SMILES string of the molecule is [2H]c1nc(-n2c3[c-]c(Oc4[c-]c(-n5[c-][n+](-c6c(-c7ccccc7)cccc6-c6ccccc6)c6ccccc65)ccc4)ccc3c3ccccc32)c([2H])c(C(C)C(C)(C)C)c1[2H].[Pt]. The van der Waals surface area contributed by atoms with Gasteiger partial charge in [0.1, 0.15) is 5.82 Å². The smallest absolute Gasteiger partial charge is 0.268 e. The van der Waals surface area contributed by atoms with Gasteiger partial charge >= 0.3 is 0 Å². The molecule has 0 aliphatic heterocycles. The summed E-state index contributed by atoms with van der Waals surface area (Å²) in [6, 6.07) is 60.5. The first-order valence-electron chi connectivity index (χ1n) is 21.4. The molecule has 0 aliphatic carbocycles. The van der Waals surface area contributed by atoms with Crippen LogP contribution in [0.3, 0.4) is 0 Å². The molecule has 0 bridgehead atoms. The van der Waals surface area contributed by atoms with Gasteiger partial charge in [-0.05, 0) is 68.4 Å². The van der Waals surface area contributed by atoms with Crippen LogP contribution >= 0.6 is 0 Å². The van der Waals surface area contributed by atoms with E-state index in [-0.39, 0.29) is 56.5 Å². The van der Waals surface area contributed by atoms with Crippen LogP contribution in [0.2, 0.25) is 0 Å². The van der Waals surface area contributed by atoms with Crippen LogP contribution in [0.15, 0.2) is 176 Å². The Morgan fingerprint density at radius 2 is 1.30 bits per heavy atom. The molecule has 1 atom stereocenters. The quantitative estimate of drug-likeness (QED) is 0.112. The van der Waals surface area contributed by atoms with E-state index in [1.807, 2.05) is 88.9 Å². The first-order chi connectivity index (χ1) is 30.1. The van der Waals surface area contributed by atoms with E-state index in [0.29, 0.717) is 22.6 Å². The van der Waals surface area contributed by atoms with Crippen LogP contribution in [0.4, 0.5) is 0 Å². The third kappa shape index (κ3) is 7.03. The average molecular weight is 961 g/mol. The van der Waals surface area contributed by atoms with Crippen molar-refractivity contribution in [1.29, 1.82) is 0 Å². The first-order valence-corrected chi connectivity index (χ1v) is 19.9. The Labute approximate surface area is 369 Å². The topological polar surface area (TPSA) is 35.9 Å². The fraction of sp³-hybridized carbons (Fsp3) is 0.111. The Balaban J connectivity index is 0.00000504. The monoisotopic (exact) mass is 960 g/mol. The molecule has 60 heavy (non-hydrogen) atoms. The fourth-order valence-corrected chi connectivity index (χ4v) is 7.86. The van der Waals surface area contributed by atoms with E-state index in [1.54, 1.807) is 0 Å². The Kier molecular flexibility index (Phi) is 9.38. The fourth-order valence-electron chi connectivity index (χ4n) is 7.86. The van der Waals surface area contributed by atoms with Crippen LogP contribution < -0.4 is 9.30 Å². The van der Waals surface area contributed by atoms with Crippen molar-refractivity contribution >= 4 is 32.8 Å². The molecule has 0 N–H and O–H groups in total. The number of nitrogens with zero attached hydrogens (tertiary/aromatic N) is 4. The number of hydrogen-bond acceptors (Lipinski definition) is 2. The minimum Gasteiger partial charge on any atom is -0.510 e. The Bertz CT molecular complexity index is 3260. The van der Waals surface area contributed by atoms with Gasteiger partial charge in [0.2, 0.25) is 0 Å². The Morgan fingerprint density at radius 1 is 0.667 bits per heavy atom. The number of imidazole rings is 1. The van der Waals surface area contributed by atoms with Crippen LogP contribution in [0.5, 0.6) is 11.5 Å². The number of para-hydroxylation sites is 4. The van der Waals surface area contributed by atoms with E-state index in [4.69, 9.17) is 7.48 Å². The van der Waals surface area contributed by atoms with E-state index in [0.717, 1.165) is 61.0 Å². The Morgan fingerprint density at radius 3 is 2.02 bits per heavy atom. The molecule has 10 aromatic rings. The minimum atomic E-state index is -0.238. The molecule has 1 unspecified atom stereocenters. The number of fused-ring (bicyclic) bond motifs is 4. The summed E-state index contributed by atoms with van der Waals surface area (Å²) in [6.45, 7) is 8.28.